The maximum absolute atomic E-state index is 14.0. The largest absolute Gasteiger partial charge is 0.497 e. The number of rotatable bonds is 8. The first-order valence-corrected chi connectivity index (χ1v) is 13.5. The van der Waals surface area contributed by atoms with E-state index in [1.807, 2.05) is 110 Å². The number of aromatic nitrogens is 3. The molecule has 0 spiro atoms. The van der Waals surface area contributed by atoms with Crippen molar-refractivity contribution in [1.82, 2.24) is 14.6 Å². The van der Waals surface area contributed by atoms with Gasteiger partial charge in [0.15, 0.2) is 11.5 Å². The molecule has 0 bridgehead atoms. The molecule has 208 valence electrons. The molecule has 1 amide bonds. The van der Waals surface area contributed by atoms with Gasteiger partial charge in [0, 0.05) is 22.9 Å². The standard InChI is InChI=1S/C34H29N5O3/c1-22-14-16-25(17-15-22)35-34(40)31-32(36-27-19-18-26(41-2)20-30(27)42-3)38-39-29(24-12-8-5-9-13-24)21-28(37-33(31)39)23-10-6-4-7-11-23/h4-21H,1-3H3,(H,35,40)(H,36,38). The predicted molar refractivity (Wildman–Crippen MR) is 166 cm³/mol. The smallest absolute Gasteiger partial charge is 0.263 e. The van der Waals surface area contributed by atoms with Gasteiger partial charge in [0.2, 0.25) is 0 Å². The van der Waals surface area contributed by atoms with Crippen LogP contribution in [0.5, 0.6) is 11.5 Å². The second kappa shape index (κ2) is 11.5. The third-order valence-corrected chi connectivity index (χ3v) is 6.93. The molecule has 6 aromatic rings. The fourth-order valence-corrected chi connectivity index (χ4v) is 4.75. The Bertz CT molecular complexity index is 1870. The second-order valence-corrected chi connectivity index (χ2v) is 9.73. The molecule has 0 aliphatic heterocycles. The van der Waals surface area contributed by atoms with Crippen LogP contribution in [0.4, 0.5) is 17.2 Å². The summed E-state index contributed by atoms with van der Waals surface area (Å²) in [6.45, 7) is 2.00. The molecule has 0 radical (unpaired) electrons. The summed E-state index contributed by atoms with van der Waals surface area (Å²) in [5.41, 5.74) is 6.46. The Morgan fingerprint density at radius 1 is 0.786 bits per heavy atom. The molecule has 2 heterocycles. The van der Waals surface area contributed by atoms with E-state index in [9.17, 15) is 4.79 Å². The zero-order valence-electron chi connectivity index (χ0n) is 23.5. The number of hydrogen-bond acceptors (Lipinski definition) is 6. The molecule has 2 aromatic heterocycles. The predicted octanol–water partition coefficient (Wildman–Crippen LogP) is 7.38. The number of aryl methyl sites for hydroxylation is 1. The van der Waals surface area contributed by atoms with Crippen LogP contribution in [0.1, 0.15) is 15.9 Å². The summed E-state index contributed by atoms with van der Waals surface area (Å²) in [6.07, 6.45) is 0. The van der Waals surface area contributed by atoms with E-state index in [0.717, 1.165) is 28.1 Å². The Labute approximate surface area is 243 Å². The van der Waals surface area contributed by atoms with Crippen LogP contribution < -0.4 is 20.1 Å². The zero-order chi connectivity index (χ0) is 29.1. The van der Waals surface area contributed by atoms with Crippen molar-refractivity contribution in [1.29, 1.82) is 0 Å². The van der Waals surface area contributed by atoms with Gasteiger partial charge in [-0.25, -0.2) is 9.50 Å². The zero-order valence-corrected chi connectivity index (χ0v) is 23.5. The van der Waals surface area contributed by atoms with E-state index in [1.165, 1.54) is 0 Å². The van der Waals surface area contributed by atoms with Crippen LogP contribution in [0, 0.1) is 6.92 Å². The first-order chi connectivity index (χ1) is 20.5. The normalized spacial score (nSPS) is 10.8. The van der Waals surface area contributed by atoms with Crippen LogP contribution >= 0.6 is 0 Å². The number of anilines is 3. The lowest BCUT2D eigenvalue weighted by Crippen LogP contribution is -2.14. The number of benzene rings is 4. The molecular formula is C34H29N5O3. The summed E-state index contributed by atoms with van der Waals surface area (Å²) >= 11 is 0. The maximum Gasteiger partial charge on any atom is 0.263 e. The van der Waals surface area contributed by atoms with E-state index >= 15 is 0 Å². The molecule has 8 heteroatoms. The number of fused-ring (bicyclic) bond motifs is 1. The number of nitrogens with zero attached hydrogens (tertiary/aromatic N) is 3. The van der Waals surface area contributed by atoms with Gasteiger partial charge in [0.05, 0.1) is 31.3 Å². The third-order valence-electron chi connectivity index (χ3n) is 6.93. The van der Waals surface area contributed by atoms with Crippen molar-refractivity contribution in [2.24, 2.45) is 0 Å². The summed E-state index contributed by atoms with van der Waals surface area (Å²) in [4.78, 5) is 19.0. The molecule has 0 fully saturated rings. The van der Waals surface area contributed by atoms with Crippen LogP contribution in [0.3, 0.4) is 0 Å². The lowest BCUT2D eigenvalue weighted by molar-refractivity contribution is 0.102. The minimum Gasteiger partial charge on any atom is -0.497 e. The van der Waals surface area contributed by atoms with Gasteiger partial charge < -0.3 is 20.1 Å². The van der Waals surface area contributed by atoms with E-state index in [4.69, 9.17) is 19.6 Å². The van der Waals surface area contributed by atoms with Crippen molar-refractivity contribution >= 4 is 28.7 Å². The summed E-state index contributed by atoms with van der Waals surface area (Å²) < 4.78 is 12.7. The Kier molecular flexibility index (Phi) is 7.26. The Hall–Kier alpha value is -5.63. The van der Waals surface area contributed by atoms with Crippen molar-refractivity contribution in [2.45, 2.75) is 6.92 Å². The molecule has 42 heavy (non-hydrogen) atoms. The average molecular weight is 556 g/mol. The molecule has 0 aliphatic rings. The highest BCUT2D eigenvalue weighted by molar-refractivity contribution is 6.12. The monoisotopic (exact) mass is 555 g/mol. The Balaban J connectivity index is 1.58. The highest BCUT2D eigenvalue weighted by atomic mass is 16.5. The first kappa shape index (κ1) is 26.6. The molecule has 0 unspecified atom stereocenters. The second-order valence-electron chi connectivity index (χ2n) is 9.73. The minimum absolute atomic E-state index is 0.295. The van der Waals surface area contributed by atoms with E-state index < -0.39 is 0 Å². The summed E-state index contributed by atoms with van der Waals surface area (Å²) in [6, 6.07) is 34.9. The van der Waals surface area contributed by atoms with Gasteiger partial charge in [-0.05, 0) is 37.3 Å². The highest BCUT2D eigenvalue weighted by Gasteiger charge is 2.25. The average Bonchev–Trinajstić information content (AvgIpc) is 3.40. The molecule has 2 N–H and O–H groups in total. The molecule has 4 aromatic carbocycles. The van der Waals surface area contributed by atoms with Gasteiger partial charge in [-0.15, -0.1) is 5.10 Å². The first-order valence-electron chi connectivity index (χ1n) is 13.5. The number of nitrogens with one attached hydrogen (secondary N) is 2. The summed E-state index contributed by atoms with van der Waals surface area (Å²) in [7, 11) is 3.18. The third kappa shape index (κ3) is 5.25. The van der Waals surface area contributed by atoms with Crippen LogP contribution in [0.15, 0.2) is 109 Å². The molecular weight excluding hydrogens is 526 g/mol. The molecule has 8 nitrogen and oxygen atoms in total. The quantitative estimate of drug-likeness (QED) is 0.204. The SMILES string of the molecule is COc1ccc(Nc2nn3c(-c4ccccc4)cc(-c4ccccc4)nc3c2C(=O)Nc2ccc(C)cc2)c(OC)c1. The van der Waals surface area contributed by atoms with E-state index in [-0.39, 0.29) is 5.91 Å². The number of amides is 1. The molecule has 6 rings (SSSR count). The molecule has 0 saturated carbocycles. The number of carbonyl (C=O) groups excluding carboxylic acids is 1. The number of hydrogen-bond donors (Lipinski definition) is 2. The van der Waals surface area contributed by atoms with Gasteiger partial charge in [0.1, 0.15) is 17.1 Å². The van der Waals surface area contributed by atoms with Crippen molar-refractivity contribution < 1.29 is 14.3 Å². The van der Waals surface area contributed by atoms with Gasteiger partial charge >= 0.3 is 0 Å². The number of methoxy groups -OCH3 is 2. The van der Waals surface area contributed by atoms with Crippen molar-refractivity contribution in [3.05, 3.63) is 120 Å². The summed E-state index contributed by atoms with van der Waals surface area (Å²) in [5, 5.41) is 11.3. The van der Waals surface area contributed by atoms with Crippen molar-refractivity contribution in [3.8, 4) is 34.0 Å². The van der Waals surface area contributed by atoms with Gasteiger partial charge in [0.25, 0.3) is 5.91 Å². The molecule has 0 atom stereocenters. The highest BCUT2D eigenvalue weighted by Crippen LogP contribution is 2.35. The van der Waals surface area contributed by atoms with Gasteiger partial charge in [-0.1, -0.05) is 78.4 Å². The van der Waals surface area contributed by atoms with Gasteiger partial charge in [-0.3, -0.25) is 4.79 Å². The van der Waals surface area contributed by atoms with E-state index in [1.54, 1.807) is 24.8 Å². The topological polar surface area (TPSA) is 89.8 Å². The Morgan fingerprint density at radius 3 is 2.14 bits per heavy atom. The van der Waals surface area contributed by atoms with Crippen LogP contribution in [-0.4, -0.2) is 34.7 Å². The lowest BCUT2D eigenvalue weighted by Gasteiger charge is -2.12. The van der Waals surface area contributed by atoms with Crippen LogP contribution in [0.2, 0.25) is 0 Å². The van der Waals surface area contributed by atoms with E-state index in [0.29, 0.717) is 39.9 Å². The summed E-state index contributed by atoms with van der Waals surface area (Å²) in [5.74, 6) is 1.17. The molecule has 0 saturated heterocycles. The molecule has 0 aliphatic carbocycles. The number of carbonyl (C=O) groups is 1. The number of ether oxygens (including phenoxy) is 2. The van der Waals surface area contributed by atoms with Crippen LogP contribution in [-0.2, 0) is 0 Å². The van der Waals surface area contributed by atoms with Crippen LogP contribution in [0.25, 0.3) is 28.2 Å². The maximum atomic E-state index is 14.0. The Morgan fingerprint density at radius 2 is 1.48 bits per heavy atom. The fraction of sp³-hybridized carbons (Fsp3) is 0.0882. The van der Waals surface area contributed by atoms with Gasteiger partial charge in [-0.2, -0.15) is 0 Å². The fourth-order valence-electron chi connectivity index (χ4n) is 4.75. The van der Waals surface area contributed by atoms with Crippen molar-refractivity contribution in [2.75, 3.05) is 24.9 Å². The minimum atomic E-state index is -0.347. The lowest BCUT2D eigenvalue weighted by atomic mass is 10.1. The van der Waals surface area contributed by atoms with E-state index in [2.05, 4.69) is 10.6 Å². The van der Waals surface area contributed by atoms with Crippen molar-refractivity contribution in [3.63, 3.8) is 0 Å².